The second-order valence-electron chi connectivity index (χ2n) is 9.38. The summed E-state index contributed by atoms with van der Waals surface area (Å²) in [4.78, 5) is 26.1. The number of carbonyl (C=O) groups excluding carboxylic acids is 2. The van der Waals surface area contributed by atoms with E-state index >= 15 is 0 Å². The summed E-state index contributed by atoms with van der Waals surface area (Å²) in [5.74, 6) is 0.137. The van der Waals surface area contributed by atoms with Crippen molar-refractivity contribution in [2.45, 2.75) is 79.3 Å². The van der Waals surface area contributed by atoms with Crippen LogP contribution in [0.4, 0.5) is 4.79 Å². The molecular formula is C18H36N2O4Si. The topological polar surface area (TPSA) is 67.9 Å². The van der Waals surface area contributed by atoms with E-state index in [1.807, 2.05) is 20.8 Å². The van der Waals surface area contributed by atoms with Crippen LogP contribution in [0.15, 0.2) is 0 Å². The highest BCUT2D eigenvalue weighted by Gasteiger charge is 2.53. The predicted octanol–water partition coefficient (Wildman–Crippen LogP) is 3.12. The van der Waals surface area contributed by atoms with E-state index in [-0.39, 0.29) is 23.3 Å². The summed E-state index contributed by atoms with van der Waals surface area (Å²) in [5.41, 5.74) is -1.38. The summed E-state index contributed by atoms with van der Waals surface area (Å²) < 4.78 is 12.0. The summed E-state index contributed by atoms with van der Waals surface area (Å²) in [7, 11) is -1.47. The van der Waals surface area contributed by atoms with Crippen LogP contribution in [0, 0.1) is 11.3 Å². The zero-order chi connectivity index (χ0) is 19.6. The van der Waals surface area contributed by atoms with Gasteiger partial charge < -0.3 is 14.5 Å². The molecule has 1 heterocycles. The molecule has 1 N–H and O–H groups in total. The third kappa shape index (κ3) is 6.29. The molecule has 0 aromatic heterocycles. The number of ether oxygens (including phenoxy) is 1. The zero-order valence-corrected chi connectivity index (χ0v) is 18.5. The molecule has 1 rings (SSSR count). The Labute approximate surface area is 154 Å². The average Bonchev–Trinajstić information content (AvgIpc) is 2.73. The minimum atomic E-state index is -1.47. The van der Waals surface area contributed by atoms with Gasteiger partial charge in [-0.05, 0) is 45.2 Å². The van der Waals surface area contributed by atoms with Crippen molar-refractivity contribution in [2.75, 3.05) is 13.1 Å². The first-order valence-corrected chi connectivity index (χ1v) is 11.9. The molecule has 1 aliphatic rings. The molecule has 7 heteroatoms. The van der Waals surface area contributed by atoms with Crippen molar-refractivity contribution in [3.8, 4) is 0 Å². The molecule has 0 aromatic carbocycles. The lowest BCUT2D eigenvalue weighted by atomic mass is 9.79. The minimum absolute atomic E-state index is 0.0279. The molecule has 1 fully saturated rings. The lowest BCUT2D eigenvalue weighted by Gasteiger charge is -2.40. The average molecular weight is 373 g/mol. The van der Waals surface area contributed by atoms with E-state index in [1.165, 1.54) is 6.92 Å². The fourth-order valence-corrected chi connectivity index (χ4v) is 4.29. The fourth-order valence-electron chi connectivity index (χ4n) is 3.11. The Morgan fingerprint density at radius 3 is 2.16 bits per heavy atom. The van der Waals surface area contributed by atoms with Crippen molar-refractivity contribution in [3.63, 3.8) is 0 Å². The molecule has 0 aliphatic carbocycles. The van der Waals surface area contributed by atoms with Gasteiger partial charge in [-0.2, -0.15) is 0 Å². The number of hydrogen-bond acceptors (Lipinski definition) is 4. The molecule has 0 bridgehead atoms. The smallest absolute Gasteiger partial charge is 0.412 e. The molecule has 1 saturated heterocycles. The Morgan fingerprint density at radius 1 is 1.20 bits per heavy atom. The molecule has 2 amide bonds. The van der Waals surface area contributed by atoms with Gasteiger partial charge in [0.1, 0.15) is 5.60 Å². The standard InChI is InChI=1S/C18H36N2O4Si/c1-13(21)19-12-18(24-25(8)9)10-14(16(2,3)4)11-20(18)15(22)23-17(5,6)7/h14,25H,10-12H2,1-9H3,(H,19,21)/t14-,18-/m0/s1. The van der Waals surface area contributed by atoms with Gasteiger partial charge in [0, 0.05) is 19.9 Å². The van der Waals surface area contributed by atoms with Crippen molar-refractivity contribution in [1.82, 2.24) is 10.2 Å². The van der Waals surface area contributed by atoms with E-state index in [4.69, 9.17) is 9.16 Å². The second kappa shape index (κ2) is 7.66. The van der Waals surface area contributed by atoms with Crippen molar-refractivity contribution in [3.05, 3.63) is 0 Å². The van der Waals surface area contributed by atoms with Crippen LogP contribution in [-0.2, 0) is 14.0 Å². The largest absolute Gasteiger partial charge is 0.444 e. The van der Waals surface area contributed by atoms with Gasteiger partial charge >= 0.3 is 6.09 Å². The molecule has 0 saturated carbocycles. The van der Waals surface area contributed by atoms with E-state index in [0.29, 0.717) is 19.5 Å². The highest BCUT2D eigenvalue weighted by atomic mass is 28.3. The van der Waals surface area contributed by atoms with Gasteiger partial charge in [0.15, 0.2) is 14.8 Å². The van der Waals surface area contributed by atoms with Gasteiger partial charge in [0.05, 0.1) is 6.54 Å². The van der Waals surface area contributed by atoms with Gasteiger partial charge in [0.25, 0.3) is 0 Å². The van der Waals surface area contributed by atoms with Crippen molar-refractivity contribution in [1.29, 1.82) is 0 Å². The number of likely N-dealkylation sites (tertiary alicyclic amines) is 1. The number of hydrogen-bond donors (Lipinski definition) is 1. The molecule has 25 heavy (non-hydrogen) atoms. The first-order chi connectivity index (χ1) is 11.2. The van der Waals surface area contributed by atoms with Crippen molar-refractivity contribution in [2.24, 2.45) is 11.3 Å². The number of amides is 2. The van der Waals surface area contributed by atoms with Crippen LogP contribution < -0.4 is 5.32 Å². The minimum Gasteiger partial charge on any atom is -0.444 e. The number of carbonyl (C=O) groups is 2. The molecule has 2 atom stereocenters. The molecule has 0 unspecified atom stereocenters. The third-order valence-electron chi connectivity index (χ3n) is 4.37. The summed E-state index contributed by atoms with van der Waals surface area (Å²) in [5, 5.41) is 2.86. The zero-order valence-electron chi connectivity index (χ0n) is 17.4. The van der Waals surface area contributed by atoms with Crippen LogP contribution in [-0.4, -0.2) is 50.4 Å². The normalized spacial score (nSPS) is 24.6. The van der Waals surface area contributed by atoms with E-state index in [9.17, 15) is 9.59 Å². The molecule has 0 radical (unpaired) electrons. The maximum atomic E-state index is 12.9. The summed E-state index contributed by atoms with van der Waals surface area (Å²) in [6, 6.07) is 0. The predicted molar refractivity (Wildman–Crippen MR) is 102 cm³/mol. The summed E-state index contributed by atoms with van der Waals surface area (Å²) in [6.45, 7) is 18.6. The van der Waals surface area contributed by atoms with E-state index in [0.717, 1.165) is 0 Å². The maximum absolute atomic E-state index is 12.9. The number of nitrogens with zero attached hydrogens (tertiary/aromatic N) is 1. The van der Waals surface area contributed by atoms with Crippen LogP contribution in [0.25, 0.3) is 0 Å². The Hall–Kier alpha value is -1.08. The first kappa shape index (κ1) is 22.0. The lowest BCUT2D eigenvalue weighted by Crippen LogP contribution is -2.58. The third-order valence-corrected chi connectivity index (χ3v) is 5.28. The van der Waals surface area contributed by atoms with Gasteiger partial charge in [-0.15, -0.1) is 0 Å². The molecule has 146 valence electrons. The van der Waals surface area contributed by atoms with Gasteiger partial charge in [-0.1, -0.05) is 20.8 Å². The van der Waals surface area contributed by atoms with E-state index < -0.39 is 20.4 Å². The summed E-state index contributed by atoms with van der Waals surface area (Å²) >= 11 is 0. The monoisotopic (exact) mass is 372 g/mol. The highest BCUT2D eigenvalue weighted by Crippen LogP contribution is 2.43. The fraction of sp³-hybridized carbons (Fsp3) is 0.889. The quantitative estimate of drug-likeness (QED) is 0.770. The van der Waals surface area contributed by atoms with Crippen molar-refractivity contribution < 1.29 is 18.8 Å². The summed E-state index contributed by atoms with van der Waals surface area (Å²) in [6.07, 6.45) is 0.320. The SMILES string of the molecule is CC(=O)NC[C@@]1(O[SiH](C)C)C[C@H](C(C)(C)C)CN1C(=O)OC(C)(C)C. The Morgan fingerprint density at radius 2 is 1.76 bits per heavy atom. The first-order valence-electron chi connectivity index (χ1n) is 9.09. The van der Waals surface area contributed by atoms with E-state index in [1.54, 1.807) is 4.90 Å². The Bertz CT molecular complexity index is 496. The molecule has 1 aliphatic heterocycles. The Balaban J connectivity index is 3.22. The van der Waals surface area contributed by atoms with Gasteiger partial charge in [0.2, 0.25) is 5.91 Å². The van der Waals surface area contributed by atoms with Crippen LogP contribution in [0.3, 0.4) is 0 Å². The highest BCUT2D eigenvalue weighted by molar-refractivity contribution is 6.48. The van der Waals surface area contributed by atoms with Crippen LogP contribution in [0.5, 0.6) is 0 Å². The number of rotatable bonds is 4. The van der Waals surface area contributed by atoms with E-state index in [2.05, 4.69) is 39.2 Å². The van der Waals surface area contributed by atoms with Crippen LogP contribution in [0.1, 0.15) is 54.9 Å². The van der Waals surface area contributed by atoms with Gasteiger partial charge in [-0.3, -0.25) is 9.69 Å². The Kier molecular flexibility index (Phi) is 6.73. The van der Waals surface area contributed by atoms with Crippen LogP contribution in [0.2, 0.25) is 13.1 Å². The molecule has 0 aromatic rings. The molecular weight excluding hydrogens is 336 g/mol. The maximum Gasteiger partial charge on any atom is 0.412 e. The number of nitrogens with one attached hydrogen (secondary N) is 1. The lowest BCUT2D eigenvalue weighted by molar-refractivity contribution is -0.122. The van der Waals surface area contributed by atoms with Gasteiger partial charge in [-0.25, -0.2) is 4.79 Å². The molecule has 6 nitrogen and oxygen atoms in total. The van der Waals surface area contributed by atoms with Crippen LogP contribution >= 0.6 is 0 Å². The second-order valence-corrected chi connectivity index (χ2v) is 11.7. The molecule has 0 spiro atoms. The van der Waals surface area contributed by atoms with Crippen molar-refractivity contribution >= 4 is 21.0 Å².